The summed E-state index contributed by atoms with van der Waals surface area (Å²) in [5.41, 5.74) is 0.144. The second-order valence-electron chi connectivity index (χ2n) is 5.18. The maximum Gasteiger partial charge on any atom is 0.287 e. The molecule has 0 fully saturated rings. The van der Waals surface area contributed by atoms with Crippen LogP contribution in [0.1, 0.15) is 37.7 Å². The minimum atomic E-state index is -0.295. The molecule has 0 radical (unpaired) electrons. The highest BCUT2D eigenvalue weighted by Crippen LogP contribution is 2.23. The van der Waals surface area contributed by atoms with Crippen LogP contribution < -0.4 is 5.32 Å². The van der Waals surface area contributed by atoms with Gasteiger partial charge in [0.25, 0.3) is 5.91 Å². The van der Waals surface area contributed by atoms with E-state index in [0.29, 0.717) is 6.54 Å². The molecule has 0 aliphatic carbocycles. The molecule has 0 saturated heterocycles. The number of nitrogens with one attached hydrogen (secondary N) is 1. The molecule has 5 heteroatoms. The van der Waals surface area contributed by atoms with Crippen LogP contribution in [0, 0.1) is 5.41 Å². The van der Waals surface area contributed by atoms with E-state index in [-0.39, 0.29) is 27.7 Å². The summed E-state index contributed by atoms with van der Waals surface area (Å²) in [4.78, 5) is 11.6. The van der Waals surface area contributed by atoms with Gasteiger partial charge in [0, 0.05) is 6.54 Å². The summed E-state index contributed by atoms with van der Waals surface area (Å²) >= 11 is 11.7. The zero-order valence-corrected chi connectivity index (χ0v) is 11.7. The van der Waals surface area contributed by atoms with Crippen LogP contribution in [0.2, 0.25) is 5.22 Å². The summed E-state index contributed by atoms with van der Waals surface area (Å²) in [5, 5.41) is 2.82. The van der Waals surface area contributed by atoms with Crippen molar-refractivity contribution < 1.29 is 9.21 Å². The number of furan rings is 1. The Hall–Kier alpha value is -0.670. The minimum Gasteiger partial charge on any atom is -0.440 e. The molecular weight excluding hydrogens is 261 g/mol. The van der Waals surface area contributed by atoms with Crippen molar-refractivity contribution >= 4 is 29.1 Å². The van der Waals surface area contributed by atoms with Gasteiger partial charge >= 0.3 is 0 Å². The third-order valence-corrected chi connectivity index (χ3v) is 2.63. The molecule has 1 unspecified atom stereocenters. The Balaban J connectivity index is 2.38. The maximum absolute atomic E-state index is 11.6. The third-order valence-electron chi connectivity index (χ3n) is 2.11. The van der Waals surface area contributed by atoms with Crippen LogP contribution in [0.4, 0.5) is 0 Å². The standard InChI is InChI=1S/C12H17Cl2NO2/c1-12(2,3)6-8(13)7-15-11(16)9-4-5-10(14)17-9/h4-5,8H,6-7H2,1-3H3,(H,15,16). The minimum absolute atomic E-state index is 0.0932. The first-order valence-electron chi connectivity index (χ1n) is 5.45. The van der Waals surface area contributed by atoms with Crippen LogP contribution in [-0.4, -0.2) is 17.8 Å². The molecule has 1 N–H and O–H groups in total. The van der Waals surface area contributed by atoms with Gasteiger partial charge in [-0.3, -0.25) is 4.79 Å². The lowest BCUT2D eigenvalue weighted by molar-refractivity contribution is 0.0924. The van der Waals surface area contributed by atoms with Crippen molar-refractivity contribution in [3.63, 3.8) is 0 Å². The van der Waals surface area contributed by atoms with Crippen LogP contribution in [0.15, 0.2) is 16.5 Å². The SMILES string of the molecule is CC(C)(C)CC(Cl)CNC(=O)c1ccc(Cl)o1. The topological polar surface area (TPSA) is 42.2 Å². The van der Waals surface area contributed by atoms with Crippen molar-refractivity contribution in [1.29, 1.82) is 0 Å². The molecular formula is C12H17Cl2NO2. The summed E-state index contributed by atoms with van der Waals surface area (Å²) in [6, 6.07) is 3.06. The van der Waals surface area contributed by atoms with Gasteiger partial charge in [-0.25, -0.2) is 0 Å². The van der Waals surface area contributed by atoms with Gasteiger partial charge in [-0.15, -0.1) is 11.6 Å². The zero-order valence-electron chi connectivity index (χ0n) is 10.2. The number of halogens is 2. The summed E-state index contributed by atoms with van der Waals surface area (Å²) < 4.78 is 4.99. The lowest BCUT2D eigenvalue weighted by Gasteiger charge is -2.21. The summed E-state index contributed by atoms with van der Waals surface area (Å²) in [7, 11) is 0. The van der Waals surface area contributed by atoms with Crippen molar-refractivity contribution in [1.82, 2.24) is 5.32 Å². The van der Waals surface area contributed by atoms with Crippen LogP contribution in [0.25, 0.3) is 0 Å². The van der Waals surface area contributed by atoms with Crippen molar-refractivity contribution in [2.24, 2.45) is 5.41 Å². The van der Waals surface area contributed by atoms with E-state index < -0.39 is 0 Å². The van der Waals surface area contributed by atoms with Crippen LogP contribution >= 0.6 is 23.2 Å². The van der Waals surface area contributed by atoms with E-state index >= 15 is 0 Å². The molecule has 0 spiro atoms. The zero-order chi connectivity index (χ0) is 13.1. The monoisotopic (exact) mass is 277 g/mol. The molecule has 0 aliphatic rings. The van der Waals surface area contributed by atoms with Gasteiger partial charge in [-0.05, 0) is 35.6 Å². The summed E-state index contributed by atoms with van der Waals surface area (Å²) in [6.45, 7) is 6.74. The molecule has 0 aromatic carbocycles. The van der Waals surface area contributed by atoms with Crippen molar-refractivity contribution in [3.8, 4) is 0 Å². The van der Waals surface area contributed by atoms with Crippen LogP contribution in [0.3, 0.4) is 0 Å². The number of carbonyl (C=O) groups is 1. The van der Waals surface area contributed by atoms with Gasteiger partial charge in [0.2, 0.25) is 0 Å². The molecule has 1 aromatic rings. The third kappa shape index (κ3) is 5.46. The molecule has 1 atom stereocenters. The second kappa shape index (κ2) is 5.78. The van der Waals surface area contributed by atoms with Crippen molar-refractivity contribution in [2.75, 3.05) is 6.54 Å². The van der Waals surface area contributed by atoms with E-state index in [2.05, 4.69) is 26.1 Å². The predicted octanol–water partition coefficient (Wildman–Crippen LogP) is 3.71. The lowest BCUT2D eigenvalue weighted by atomic mass is 9.90. The van der Waals surface area contributed by atoms with Gasteiger partial charge in [-0.1, -0.05) is 20.8 Å². The molecule has 96 valence electrons. The first-order chi connectivity index (χ1) is 7.78. The smallest absolute Gasteiger partial charge is 0.287 e. The van der Waals surface area contributed by atoms with Crippen LogP contribution in [-0.2, 0) is 0 Å². The van der Waals surface area contributed by atoms with Crippen LogP contribution in [0.5, 0.6) is 0 Å². The molecule has 3 nitrogen and oxygen atoms in total. The van der Waals surface area contributed by atoms with E-state index in [1.807, 2.05) is 0 Å². The molecule has 1 heterocycles. The number of rotatable bonds is 4. The highest BCUT2D eigenvalue weighted by Gasteiger charge is 2.18. The summed E-state index contributed by atoms with van der Waals surface area (Å²) in [6.07, 6.45) is 0.827. The average Bonchev–Trinajstić information content (AvgIpc) is 2.58. The Morgan fingerprint density at radius 1 is 1.47 bits per heavy atom. The first kappa shape index (κ1) is 14.4. The van der Waals surface area contributed by atoms with E-state index in [4.69, 9.17) is 27.6 Å². The van der Waals surface area contributed by atoms with E-state index in [9.17, 15) is 4.79 Å². The fraction of sp³-hybridized carbons (Fsp3) is 0.583. The van der Waals surface area contributed by atoms with E-state index in [1.165, 1.54) is 12.1 Å². The molecule has 1 aromatic heterocycles. The number of hydrogen-bond acceptors (Lipinski definition) is 2. The second-order valence-corrected chi connectivity index (χ2v) is 6.17. The largest absolute Gasteiger partial charge is 0.440 e. The van der Waals surface area contributed by atoms with E-state index in [1.54, 1.807) is 0 Å². The molecule has 0 aliphatic heterocycles. The Labute approximate surface area is 111 Å². The van der Waals surface area contributed by atoms with Gasteiger partial charge in [0.15, 0.2) is 11.0 Å². The normalized spacial score (nSPS) is 13.5. The molecule has 1 amide bonds. The molecule has 0 saturated carbocycles. The van der Waals surface area contributed by atoms with Gasteiger partial charge in [0.05, 0.1) is 5.38 Å². The maximum atomic E-state index is 11.6. The first-order valence-corrected chi connectivity index (χ1v) is 6.27. The van der Waals surface area contributed by atoms with E-state index in [0.717, 1.165) is 6.42 Å². The molecule has 1 rings (SSSR count). The lowest BCUT2D eigenvalue weighted by Crippen LogP contribution is -2.31. The molecule has 17 heavy (non-hydrogen) atoms. The van der Waals surface area contributed by atoms with Crippen molar-refractivity contribution in [2.45, 2.75) is 32.6 Å². The quantitative estimate of drug-likeness (QED) is 0.853. The highest BCUT2D eigenvalue weighted by molar-refractivity contribution is 6.29. The summed E-state index contributed by atoms with van der Waals surface area (Å²) in [5.74, 6) is -0.0916. The highest BCUT2D eigenvalue weighted by atomic mass is 35.5. The molecule has 0 bridgehead atoms. The van der Waals surface area contributed by atoms with Gasteiger partial charge in [0.1, 0.15) is 0 Å². The van der Waals surface area contributed by atoms with Crippen molar-refractivity contribution in [3.05, 3.63) is 23.1 Å². The Bertz CT molecular complexity index is 382. The van der Waals surface area contributed by atoms with Gasteiger partial charge in [-0.2, -0.15) is 0 Å². The average molecular weight is 278 g/mol. The fourth-order valence-corrected chi connectivity index (χ4v) is 2.15. The Morgan fingerprint density at radius 2 is 2.12 bits per heavy atom. The fourth-order valence-electron chi connectivity index (χ4n) is 1.46. The predicted molar refractivity (Wildman–Crippen MR) is 69.8 cm³/mol. The number of carbonyl (C=O) groups excluding carboxylic acids is 1. The number of amides is 1. The Kier molecular flexibility index (Phi) is 4.90. The Morgan fingerprint density at radius 3 is 2.59 bits per heavy atom. The van der Waals surface area contributed by atoms with Gasteiger partial charge < -0.3 is 9.73 Å². The number of hydrogen-bond donors (Lipinski definition) is 1. The number of alkyl halides is 1.